The second-order valence-corrected chi connectivity index (χ2v) is 17.3. The van der Waals surface area contributed by atoms with Crippen molar-refractivity contribution in [2.75, 3.05) is 26.9 Å². The molecular formula is C34H52O13S2. The summed E-state index contributed by atoms with van der Waals surface area (Å²) in [6, 6.07) is 12.0. The lowest BCUT2D eigenvalue weighted by atomic mass is 9.60. The van der Waals surface area contributed by atoms with Crippen molar-refractivity contribution in [3.63, 3.8) is 0 Å². The average Bonchev–Trinajstić information content (AvgIpc) is 3.02. The molecule has 0 amide bonds. The number of benzene rings is 2. The Labute approximate surface area is 290 Å². The van der Waals surface area contributed by atoms with Crippen LogP contribution in [0.3, 0.4) is 0 Å². The van der Waals surface area contributed by atoms with E-state index in [-0.39, 0.29) is 16.2 Å². The molecule has 3 rings (SSSR count). The second kappa shape index (κ2) is 13.8. The quantitative estimate of drug-likeness (QED) is 0.178. The van der Waals surface area contributed by atoms with Crippen molar-refractivity contribution in [1.82, 2.24) is 0 Å². The Morgan fingerprint density at radius 1 is 0.694 bits per heavy atom. The summed E-state index contributed by atoms with van der Waals surface area (Å²) >= 11 is 0. The zero-order valence-electron chi connectivity index (χ0n) is 30.2. The van der Waals surface area contributed by atoms with E-state index in [0.29, 0.717) is 0 Å². The zero-order chi connectivity index (χ0) is 37.5. The van der Waals surface area contributed by atoms with Gasteiger partial charge in [-0.2, -0.15) is 16.8 Å². The first-order valence-corrected chi connectivity index (χ1v) is 18.7. The molecule has 2 aromatic rings. The van der Waals surface area contributed by atoms with Crippen molar-refractivity contribution in [3.8, 4) is 0 Å². The number of aliphatic hydroxyl groups is 3. The molecule has 1 aliphatic rings. The molecule has 0 radical (unpaired) electrons. The summed E-state index contributed by atoms with van der Waals surface area (Å²) < 4.78 is 87.6. The van der Waals surface area contributed by atoms with Crippen LogP contribution in [0.25, 0.3) is 0 Å². The molecular weight excluding hydrogens is 680 g/mol. The van der Waals surface area contributed by atoms with Gasteiger partial charge in [0, 0.05) is 7.11 Å². The van der Waals surface area contributed by atoms with E-state index in [2.05, 4.69) is 0 Å². The van der Waals surface area contributed by atoms with Crippen molar-refractivity contribution in [1.29, 1.82) is 0 Å². The third kappa shape index (κ3) is 8.07. The molecule has 0 bridgehead atoms. The van der Waals surface area contributed by atoms with Gasteiger partial charge in [0.2, 0.25) is 0 Å². The van der Waals surface area contributed by atoms with Crippen molar-refractivity contribution in [2.45, 2.75) is 125 Å². The Balaban J connectivity index is 1.99. The monoisotopic (exact) mass is 732 g/mol. The van der Waals surface area contributed by atoms with Crippen LogP contribution in [0.15, 0.2) is 58.3 Å². The molecule has 49 heavy (non-hydrogen) atoms. The SMILES string of the molecule is CCC1(C)O[C@](C)(OCC(C)(COS(=O)(=O)c2ccc(C)cc2)O[C@@](C)(COS(=O)(=O)c2ccc(C)cc2)OC)C(C)(O)[C@@](C)(O)[C@@]1(C)O. The highest BCUT2D eigenvalue weighted by atomic mass is 32.2. The van der Waals surface area contributed by atoms with Crippen molar-refractivity contribution >= 4 is 20.2 Å². The minimum atomic E-state index is -4.34. The molecule has 1 heterocycles. The molecule has 0 aromatic heterocycles. The van der Waals surface area contributed by atoms with Gasteiger partial charge in [0.15, 0.2) is 11.6 Å². The van der Waals surface area contributed by atoms with Crippen molar-refractivity contribution in [3.05, 3.63) is 59.7 Å². The van der Waals surface area contributed by atoms with Gasteiger partial charge in [-0.25, -0.2) is 0 Å². The van der Waals surface area contributed by atoms with E-state index in [1.165, 1.54) is 72.9 Å². The fraction of sp³-hybridized carbons (Fsp3) is 0.647. The van der Waals surface area contributed by atoms with E-state index in [1.54, 1.807) is 52.0 Å². The van der Waals surface area contributed by atoms with Gasteiger partial charge in [0.1, 0.15) is 29.0 Å². The fourth-order valence-corrected chi connectivity index (χ4v) is 7.61. The summed E-state index contributed by atoms with van der Waals surface area (Å²) in [5.41, 5.74) is -7.95. The topological polar surface area (TPSA) is 184 Å². The van der Waals surface area contributed by atoms with Crippen LogP contribution in [0.1, 0.15) is 72.9 Å². The van der Waals surface area contributed by atoms with Gasteiger partial charge >= 0.3 is 0 Å². The summed E-state index contributed by atoms with van der Waals surface area (Å²) in [6.07, 6.45) is 0.200. The Bertz CT molecular complexity index is 1670. The van der Waals surface area contributed by atoms with Gasteiger partial charge in [-0.05, 0) is 93.0 Å². The first-order chi connectivity index (χ1) is 22.2. The van der Waals surface area contributed by atoms with Gasteiger partial charge < -0.3 is 34.3 Å². The molecule has 3 N–H and O–H groups in total. The normalized spacial score (nSPS) is 32.0. The molecule has 13 nitrogen and oxygen atoms in total. The van der Waals surface area contributed by atoms with Crippen LogP contribution in [-0.4, -0.2) is 98.7 Å². The van der Waals surface area contributed by atoms with Crippen LogP contribution in [0.5, 0.6) is 0 Å². The van der Waals surface area contributed by atoms with E-state index in [4.69, 9.17) is 27.3 Å². The fourth-order valence-electron chi connectivity index (χ4n) is 5.62. The molecule has 7 atom stereocenters. The molecule has 1 fully saturated rings. The smallest absolute Gasteiger partial charge is 0.297 e. The van der Waals surface area contributed by atoms with Crippen LogP contribution < -0.4 is 0 Å². The van der Waals surface area contributed by atoms with Crippen LogP contribution in [0.4, 0.5) is 0 Å². The Kier molecular flexibility index (Phi) is 11.7. The standard InChI is InChI=1S/C34H52O13S2/c1-12-29(5)31(7,35)32(8,36)33(9,37)34(10,47-29)43-21-28(4,22-44-48(38,39)26-17-13-24(2)14-18-26)46-30(6,42-11)23-45-49(40,41)27-19-15-25(3)16-20-27/h13-20,35-37H,12,21-23H2,1-11H3/t28?,29?,30-,31-,32-,33?,34-/m0/s1. The number of methoxy groups -OCH3 is 1. The average molecular weight is 733 g/mol. The molecule has 0 aliphatic carbocycles. The summed E-state index contributed by atoms with van der Waals surface area (Å²) in [5, 5.41) is 34.8. The van der Waals surface area contributed by atoms with E-state index in [1.807, 2.05) is 0 Å². The third-order valence-corrected chi connectivity index (χ3v) is 12.6. The van der Waals surface area contributed by atoms with Crippen LogP contribution >= 0.6 is 0 Å². The molecule has 2 aromatic carbocycles. The molecule has 0 spiro atoms. The summed E-state index contributed by atoms with van der Waals surface area (Å²) in [4.78, 5) is -0.215. The largest absolute Gasteiger partial charge is 0.384 e. The lowest BCUT2D eigenvalue weighted by Crippen LogP contribution is -2.84. The van der Waals surface area contributed by atoms with Gasteiger partial charge in [-0.3, -0.25) is 8.37 Å². The maximum atomic E-state index is 13.2. The summed E-state index contributed by atoms with van der Waals surface area (Å²) in [7, 11) is -7.37. The third-order valence-electron chi connectivity index (χ3n) is 10.1. The molecule has 0 saturated carbocycles. The number of hydrogen-bond donors (Lipinski definition) is 3. The van der Waals surface area contributed by atoms with Crippen LogP contribution in [-0.2, 0) is 47.5 Å². The number of ether oxygens (including phenoxy) is 4. The van der Waals surface area contributed by atoms with E-state index >= 15 is 0 Å². The predicted molar refractivity (Wildman–Crippen MR) is 180 cm³/mol. The first kappa shape index (κ1) is 41.4. The van der Waals surface area contributed by atoms with Gasteiger partial charge in [0.25, 0.3) is 20.2 Å². The highest BCUT2D eigenvalue weighted by molar-refractivity contribution is 7.87. The zero-order valence-corrected chi connectivity index (χ0v) is 31.8. The van der Waals surface area contributed by atoms with Crippen LogP contribution in [0.2, 0.25) is 0 Å². The summed E-state index contributed by atoms with van der Waals surface area (Å²) in [5.74, 6) is -3.87. The highest BCUT2D eigenvalue weighted by Crippen LogP contribution is 2.55. The number of rotatable bonds is 15. The molecule has 15 heteroatoms. The predicted octanol–water partition coefficient (Wildman–Crippen LogP) is 3.74. The van der Waals surface area contributed by atoms with Crippen LogP contribution in [0, 0.1) is 13.8 Å². The van der Waals surface area contributed by atoms with E-state index in [0.717, 1.165) is 11.1 Å². The maximum Gasteiger partial charge on any atom is 0.297 e. The van der Waals surface area contributed by atoms with Gasteiger partial charge in [-0.15, -0.1) is 0 Å². The minimum Gasteiger partial charge on any atom is -0.384 e. The second-order valence-electron chi connectivity index (χ2n) is 14.1. The number of hydrogen-bond acceptors (Lipinski definition) is 13. The lowest BCUT2D eigenvalue weighted by Gasteiger charge is -2.65. The molecule has 3 unspecified atom stereocenters. The highest BCUT2D eigenvalue weighted by Gasteiger charge is 2.74. The molecule has 278 valence electrons. The minimum absolute atomic E-state index is 0.0957. The summed E-state index contributed by atoms with van der Waals surface area (Å²) in [6.45, 7) is 13.0. The van der Waals surface area contributed by atoms with Crippen molar-refractivity contribution in [2.24, 2.45) is 0 Å². The van der Waals surface area contributed by atoms with E-state index < -0.39 is 79.6 Å². The van der Waals surface area contributed by atoms with E-state index in [9.17, 15) is 32.2 Å². The number of aryl methyl sites for hydroxylation is 2. The lowest BCUT2D eigenvalue weighted by molar-refractivity contribution is -0.459. The van der Waals surface area contributed by atoms with Gasteiger partial charge in [0.05, 0.1) is 28.6 Å². The Morgan fingerprint density at radius 3 is 1.53 bits per heavy atom. The molecule has 1 saturated heterocycles. The maximum absolute atomic E-state index is 13.2. The van der Waals surface area contributed by atoms with Gasteiger partial charge in [-0.1, -0.05) is 42.3 Å². The molecule has 1 aliphatic heterocycles. The van der Waals surface area contributed by atoms with Crippen molar-refractivity contribution < 1.29 is 59.5 Å². The Morgan fingerprint density at radius 2 is 1.12 bits per heavy atom. The first-order valence-electron chi connectivity index (χ1n) is 15.8. The Hall–Kier alpha value is -2.02.